The molecule has 0 atom stereocenters. The van der Waals surface area contributed by atoms with E-state index in [4.69, 9.17) is 16.3 Å². The molecular formula is C25H22ClN5O2. The van der Waals surface area contributed by atoms with E-state index in [1.54, 1.807) is 31.5 Å². The van der Waals surface area contributed by atoms with Crippen LogP contribution in [0.25, 0.3) is 27.8 Å². The molecule has 7 nitrogen and oxygen atoms in total. The molecule has 33 heavy (non-hydrogen) atoms. The van der Waals surface area contributed by atoms with Gasteiger partial charge in [0, 0.05) is 35.4 Å². The highest BCUT2D eigenvalue weighted by Crippen LogP contribution is 2.27. The van der Waals surface area contributed by atoms with Crippen LogP contribution < -0.4 is 10.1 Å². The van der Waals surface area contributed by atoms with E-state index in [0.717, 1.165) is 33.6 Å². The van der Waals surface area contributed by atoms with Gasteiger partial charge >= 0.3 is 0 Å². The molecule has 0 aliphatic rings. The predicted octanol–water partition coefficient (Wildman–Crippen LogP) is 4.84. The molecular weight excluding hydrogens is 438 g/mol. The van der Waals surface area contributed by atoms with Gasteiger partial charge in [-0.05, 0) is 67.4 Å². The normalized spacial score (nSPS) is 11.2. The van der Waals surface area contributed by atoms with E-state index < -0.39 is 0 Å². The number of ether oxygens (including phenoxy) is 1. The molecule has 0 radical (unpaired) electrons. The van der Waals surface area contributed by atoms with E-state index in [1.807, 2.05) is 48.0 Å². The number of carbonyl (C=O) groups is 1. The summed E-state index contributed by atoms with van der Waals surface area (Å²) in [5.41, 5.74) is 4.82. The predicted molar refractivity (Wildman–Crippen MR) is 129 cm³/mol. The van der Waals surface area contributed by atoms with Crippen LogP contribution in [0.4, 0.5) is 0 Å². The number of aromatic amines is 1. The highest BCUT2D eigenvalue weighted by atomic mass is 35.5. The van der Waals surface area contributed by atoms with E-state index >= 15 is 0 Å². The van der Waals surface area contributed by atoms with Gasteiger partial charge in [0.1, 0.15) is 17.1 Å². The van der Waals surface area contributed by atoms with Crippen molar-refractivity contribution in [1.82, 2.24) is 24.8 Å². The van der Waals surface area contributed by atoms with Crippen LogP contribution >= 0.6 is 11.6 Å². The quantitative estimate of drug-likeness (QED) is 0.380. The second-order valence-electron chi connectivity index (χ2n) is 7.74. The Morgan fingerprint density at radius 3 is 2.94 bits per heavy atom. The number of nitrogens with one attached hydrogen (secondary N) is 2. The van der Waals surface area contributed by atoms with Crippen molar-refractivity contribution >= 4 is 39.6 Å². The zero-order valence-electron chi connectivity index (χ0n) is 18.2. The van der Waals surface area contributed by atoms with E-state index in [9.17, 15) is 4.79 Å². The Labute approximate surface area is 195 Å². The number of fused-ring (bicyclic) bond motifs is 2. The fourth-order valence-corrected chi connectivity index (χ4v) is 4.25. The molecule has 3 heterocycles. The van der Waals surface area contributed by atoms with Crippen LogP contribution in [-0.4, -0.2) is 39.1 Å². The van der Waals surface area contributed by atoms with E-state index in [0.29, 0.717) is 34.9 Å². The molecule has 5 rings (SSSR count). The molecule has 2 N–H and O–H groups in total. The number of aryl methyl sites for hydroxylation is 1. The van der Waals surface area contributed by atoms with Gasteiger partial charge in [0.2, 0.25) is 0 Å². The molecule has 2 aromatic carbocycles. The second-order valence-corrected chi connectivity index (χ2v) is 8.15. The third-order valence-corrected chi connectivity index (χ3v) is 6.01. The number of carbonyl (C=O) groups excluding carboxylic acids is 1. The zero-order valence-corrected chi connectivity index (χ0v) is 19.0. The largest absolute Gasteiger partial charge is 0.497 e. The van der Waals surface area contributed by atoms with Gasteiger partial charge in [-0.15, -0.1) is 0 Å². The molecule has 0 aliphatic carbocycles. The van der Waals surface area contributed by atoms with Gasteiger partial charge < -0.3 is 15.0 Å². The summed E-state index contributed by atoms with van der Waals surface area (Å²) in [6.07, 6.45) is 4.37. The fourth-order valence-electron chi connectivity index (χ4n) is 4.04. The average molecular weight is 460 g/mol. The van der Waals surface area contributed by atoms with Crippen molar-refractivity contribution in [2.75, 3.05) is 13.7 Å². The molecule has 0 saturated heterocycles. The van der Waals surface area contributed by atoms with Crippen LogP contribution in [0.2, 0.25) is 5.02 Å². The van der Waals surface area contributed by atoms with Gasteiger partial charge in [-0.2, -0.15) is 0 Å². The van der Waals surface area contributed by atoms with E-state index in [1.165, 1.54) is 0 Å². The number of pyridine rings is 1. The lowest BCUT2D eigenvalue weighted by Crippen LogP contribution is -2.25. The standard InChI is InChI=1S/C25H22ClN5O2/c1-15-30-22-4-3-10-27-24(22)31(15)23-12-16(5-7-20(23)26)25(32)28-11-9-17-14-29-21-8-6-18(33-2)13-19(17)21/h3-8,10,12-14,29H,9,11H2,1-2H3,(H,28,32). The molecule has 0 unspecified atom stereocenters. The summed E-state index contributed by atoms with van der Waals surface area (Å²) in [7, 11) is 1.65. The van der Waals surface area contributed by atoms with Crippen molar-refractivity contribution < 1.29 is 9.53 Å². The summed E-state index contributed by atoms with van der Waals surface area (Å²) in [6.45, 7) is 2.39. The van der Waals surface area contributed by atoms with Crippen LogP contribution in [0.5, 0.6) is 5.75 Å². The molecule has 0 spiro atoms. The van der Waals surface area contributed by atoms with Gasteiger partial charge in [-0.1, -0.05) is 11.6 Å². The van der Waals surface area contributed by atoms with E-state index in [2.05, 4.69) is 20.3 Å². The number of halogens is 1. The Balaban J connectivity index is 1.35. The molecule has 1 amide bonds. The molecule has 0 aliphatic heterocycles. The summed E-state index contributed by atoms with van der Waals surface area (Å²) in [4.78, 5) is 25.1. The van der Waals surface area contributed by atoms with Crippen LogP contribution in [-0.2, 0) is 6.42 Å². The number of methoxy groups -OCH3 is 1. The van der Waals surface area contributed by atoms with Crippen LogP contribution in [0.15, 0.2) is 60.9 Å². The van der Waals surface area contributed by atoms with Gasteiger partial charge in [-0.3, -0.25) is 9.36 Å². The number of nitrogens with zero attached hydrogens (tertiary/aromatic N) is 3. The van der Waals surface area contributed by atoms with Gasteiger partial charge in [0.25, 0.3) is 5.91 Å². The topological polar surface area (TPSA) is 84.8 Å². The van der Waals surface area contributed by atoms with Crippen molar-refractivity contribution in [3.05, 3.63) is 82.9 Å². The highest BCUT2D eigenvalue weighted by molar-refractivity contribution is 6.32. The monoisotopic (exact) mass is 459 g/mol. The van der Waals surface area contributed by atoms with Gasteiger partial charge in [0.05, 0.1) is 17.8 Å². The number of hydrogen-bond acceptors (Lipinski definition) is 4. The summed E-state index contributed by atoms with van der Waals surface area (Å²) >= 11 is 6.49. The molecule has 0 fully saturated rings. The van der Waals surface area contributed by atoms with Crippen LogP contribution in [0.3, 0.4) is 0 Å². The number of aromatic nitrogens is 4. The summed E-state index contributed by atoms with van der Waals surface area (Å²) in [5.74, 6) is 1.39. The lowest BCUT2D eigenvalue weighted by atomic mass is 10.1. The third kappa shape index (κ3) is 3.91. The fraction of sp³-hybridized carbons (Fsp3) is 0.160. The summed E-state index contributed by atoms with van der Waals surface area (Å²) in [5, 5.41) is 4.62. The zero-order chi connectivity index (χ0) is 22.9. The Morgan fingerprint density at radius 2 is 2.09 bits per heavy atom. The summed E-state index contributed by atoms with van der Waals surface area (Å²) < 4.78 is 7.20. The minimum atomic E-state index is -0.166. The molecule has 166 valence electrons. The first-order valence-electron chi connectivity index (χ1n) is 10.6. The first kappa shape index (κ1) is 21.0. The molecule has 3 aromatic heterocycles. The second kappa shape index (κ2) is 8.60. The maximum atomic E-state index is 12.9. The number of imidazole rings is 1. The highest BCUT2D eigenvalue weighted by Gasteiger charge is 2.16. The van der Waals surface area contributed by atoms with Gasteiger partial charge in [-0.25, -0.2) is 9.97 Å². The Hall–Kier alpha value is -3.84. The van der Waals surface area contributed by atoms with Gasteiger partial charge in [0.15, 0.2) is 5.65 Å². The minimum Gasteiger partial charge on any atom is -0.497 e. The van der Waals surface area contributed by atoms with Crippen LogP contribution in [0, 0.1) is 6.92 Å². The smallest absolute Gasteiger partial charge is 0.251 e. The first-order valence-corrected chi connectivity index (χ1v) is 10.9. The van der Waals surface area contributed by atoms with Crippen LogP contribution in [0.1, 0.15) is 21.7 Å². The Kier molecular flexibility index (Phi) is 5.48. The number of amides is 1. The number of hydrogen-bond donors (Lipinski definition) is 2. The van der Waals surface area contributed by atoms with Crippen molar-refractivity contribution in [2.24, 2.45) is 0 Å². The maximum Gasteiger partial charge on any atom is 0.251 e. The Bertz CT molecular complexity index is 1490. The average Bonchev–Trinajstić information content (AvgIpc) is 3.38. The number of rotatable bonds is 6. The minimum absolute atomic E-state index is 0.166. The lowest BCUT2D eigenvalue weighted by Gasteiger charge is -2.11. The maximum absolute atomic E-state index is 12.9. The molecule has 0 bridgehead atoms. The van der Waals surface area contributed by atoms with Crippen molar-refractivity contribution in [1.29, 1.82) is 0 Å². The Morgan fingerprint density at radius 1 is 1.21 bits per heavy atom. The molecule has 0 saturated carbocycles. The molecule has 8 heteroatoms. The first-order chi connectivity index (χ1) is 16.0. The van der Waals surface area contributed by atoms with E-state index in [-0.39, 0.29) is 5.91 Å². The summed E-state index contributed by atoms with van der Waals surface area (Å²) in [6, 6.07) is 14.9. The lowest BCUT2D eigenvalue weighted by molar-refractivity contribution is 0.0954. The van der Waals surface area contributed by atoms with Crippen molar-refractivity contribution in [2.45, 2.75) is 13.3 Å². The van der Waals surface area contributed by atoms with Crippen molar-refractivity contribution in [3.63, 3.8) is 0 Å². The SMILES string of the molecule is COc1ccc2[nH]cc(CCNC(=O)c3ccc(Cl)c(-n4c(C)nc5cccnc54)c3)c2c1. The molecule has 5 aromatic rings. The number of H-pyrrole nitrogens is 1. The number of benzene rings is 2. The third-order valence-electron chi connectivity index (χ3n) is 5.69. The van der Waals surface area contributed by atoms with Crippen molar-refractivity contribution in [3.8, 4) is 11.4 Å².